The molecule has 6 nitrogen and oxygen atoms in total. The molecule has 0 heterocycles. The molecule has 9 heteroatoms. The fraction of sp³-hybridized carbons (Fsp3) is 0.526. The third-order valence-corrected chi connectivity index (χ3v) is 4.76. The summed E-state index contributed by atoms with van der Waals surface area (Å²) in [6.45, 7) is 0.997. The molecular weight excluding hydrogens is 375 g/mol. The van der Waals surface area contributed by atoms with Crippen molar-refractivity contribution in [2.75, 3.05) is 13.6 Å². The van der Waals surface area contributed by atoms with Crippen molar-refractivity contribution in [2.45, 2.75) is 44.9 Å². The van der Waals surface area contributed by atoms with Gasteiger partial charge in [-0.15, -0.1) is 0 Å². The number of likely N-dealkylation sites (N-methyl/N-ethyl adjacent to an activating group) is 1. The van der Waals surface area contributed by atoms with Crippen LogP contribution in [0.4, 0.5) is 13.2 Å². The zero-order valence-electron chi connectivity index (χ0n) is 15.8. The predicted molar refractivity (Wildman–Crippen MR) is 95.9 cm³/mol. The van der Waals surface area contributed by atoms with Crippen LogP contribution >= 0.6 is 0 Å². The van der Waals surface area contributed by atoms with E-state index in [4.69, 9.17) is 0 Å². The average Bonchev–Trinajstić information content (AvgIpc) is 2.58. The van der Waals surface area contributed by atoms with Crippen LogP contribution in [0.1, 0.15) is 37.3 Å². The van der Waals surface area contributed by atoms with Crippen LogP contribution in [0.2, 0.25) is 0 Å². The highest BCUT2D eigenvalue weighted by molar-refractivity contribution is 5.91. The second kappa shape index (κ2) is 9.07. The van der Waals surface area contributed by atoms with Gasteiger partial charge in [0.15, 0.2) is 0 Å². The molecule has 1 fully saturated rings. The largest absolute Gasteiger partial charge is 0.416 e. The molecule has 1 aliphatic rings. The molecule has 1 saturated carbocycles. The van der Waals surface area contributed by atoms with E-state index in [1.165, 1.54) is 26.1 Å². The number of rotatable bonds is 7. The molecule has 1 aliphatic carbocycles. The molecule has 28 heavy (non-hydrogen) atoms. The lowest BCUT2D eigenvalue weighted by molar-refractivity contribution is -0.140. The van der Waals surface area contributed by atoms with Gasteiger partial charge in [-0.05, 0) is 37.5 Å². The van der Waals surface area contributed by atoms with Gasteiger partial charge in [0, 0.05) is 19.5 Å². The van der Waals surface area contributed by atoms with Gasteiger partial charge in [0.25, 0.3) is 0 Å². The van der Waals surface area contributed by atoms with E-state index in [1.54, 1.807) is 0 Å². The maximum absolute atomic E-state index is 12.9. The number of nitrogens with one attached hydrogen (secondary N) is 2. The van der Waals surface area contributed by atoms with Crippen molar-refractivity contribution in [2.24, 2.45) is 5.92 Å². The van der Waals surface area contributed by atoms with E-state index in [1.807, 2.05) is 0 Å². The Kier molecular flexibility index (Phi) is 7.04. The maximum Gasteiger partial charge on any atom is 0.416 e. The van der Waals surface area contributed by atoms with Gasteiger partial charge < -0.3 is 15.5 Å². The number of benzene rings is 1. The Hall–Kier alpha value is -2.58. The van der Waals surface area contributed by atoms with Crippen LogP contribution < -0.4 is 10.6 Å². The Morgan fingerprint density at radius 3 is 2.46 bits per heavy atom. The van der Waals surface area contributed by atoms with Gasteiger partial charge >= 0.3 is 6.18 Å². The molecule has 2 rings (SSSR count). The highest BCUT2D eigenvalue weighted by atomic mass is 19.4. The van der Waals surface area contributed by atoms with E-state index >= 15 is 0 Å². The number of nitrogens with zero attached hydrogens (tertiary/aromatic N) is 1. The first-order chi connectivity index (χ1) is 13.1. The van der Waals surface area contributed by atoms with E-state index in [0.717, 1.165) is 36.3 Å². The number of halogens is 3. The Morgan fingerprint density at radius 1 is 1.25 bits per heavy atom. The molecule has 1 atom stereocenters. The van der Waals surface area contributed by atoms with E-state index in [9.17, 15) is 27.6 Å². The summed E-state index contributed by atoms with van der Waals surface area (Å²) in [5.74, 6) is -1.32. The van der Waals surface area contributed by atoms with Crippen LogP contribution in [0.3, 0.4) is 0 Å². The molecule has 0 aromatic heterocycles. The fourth-order valence-corrected chi connectivity index (χ4v) is 2.87. The molecular formula is C19H24F3N3O3. The maximum atomic E-state index is 12.9. The molecule has 0 aliphatic heterocycles. The first kappa shape index (κ1) is 21.7. The predicted octanol–water partition coefficient (Wildman–Crippen LogP) is 2.08. The van der Waals surface area contributed by atoms with Crippen LogP contribution in [-0.2, 0) is 27.1 Å². The van der Waals surface area contributed by atoms with E-state index in [0.29, 0.717) is 0 Å². The summed E-state index contributed by atoms with van der Waals surface area (Å²) in [6.07, 6.45) is -1.98. The lowest BCUT2D eigenvalue weighted by atomic mass is 9.84. The summed E-state index contributed by atoms with van der Waals surface area (Å²) in [4.78, 5) is 37.7. The van der Waals surface area contributed by atoms with E-state index in [2.05, 4.69) is 10.6 Å². The molecule has 0 spiro atoms. The number of carbonyl (C=O) groups is 3. The van der Waals surface area contributed by atoms with Crippen molar-refractivity contribution in [1.82, 2.24) is 15.5 Å². The van der Waals surface area contributed by atoms with Crippen molar-refractivity contribution in [3.8, 4) is 0 Å². The van der Waals surface area contributed by atoms with Crippen LogP contribution in [0.25, 0.3) is 0 Å². The summed E-state index contributed by atoms with van der Waals surface area (Å²) in [6, 6.07) is 3.71. The van der Waals surface area contributed by atoms with Crippen LogP contribution in [-0.4, -0.2) is 42.3 Å². The molecule has 154 valence electrons. The Morgan fingerprint density at radius 2 is 1.93 bits per heavy atom. The zero-order valence-corrected chi connectivity index (χ0v) is 15.8. The van der Waals surface area contributed by atoms with E-state index < -0.39 is 29.6 Å². The molecule has 1 aromatic rings. The molecule has 1 aromatic carbocycles. The quantitative estimate of drug-likeness (QED) is 0.737. The second-order valence-electron chi connectivity index (χ2n) is 6.92. The summed E-state index contributed by atoms with van der Waals surface area (Å²) in [5, 5.41) is 5.02. The number of hydrogen-bond donors (Lipinski definition) is 2. The second-order valence-corrected chi connectivity index (χ2v) is 6.92. The number of alkyl halides is 3. The van der Waals surface area contributed by atoms with Crippen molar-refractivity contribution >= 4 is 17.7 Å². The van der Waals surface area contributed by atoms with Crippen molar-refractivity contribution in [3.63, 3.8) is 0 Å². The van der Waals surface area contributed by atoms with Crippen molar-refractivity contribution < 1.29 is 27.6 Å². The van der Waals surface area contributed by atoms with Gasteiger partial charge in [-0.3, -0.25) is 14.4 Å². The Bertz CT molecular complexity index is 733. The van der Waals surface area contributed by atoms with Crippen molar-refractivity contribution in [3.05, 3.63) is 35.4 Å². The topological polar surface area (TPSA) is 78.5 Å². The third-order valence-electron chi connectivity index (χ3n) is 4.76. The zero-order chi connectivity index (χ0) is 20.9. The lowest BCUT2D eigenvalue weighted by Gasteiger charge is -2.29. The van der Waals surface area contributed by atoms with Gasteiger partial charge in [-0.1, -0.05) is 18.6 Å². The van der Waals surface area contributed by atoms with Crippen LogP contribution in [0, 0.1) is 5.92 Å². The van der Waals surface area contributed by atoms with Gasteiger partial charge in [0.1, 0.15) is 6.04 Å². The van der Waals surface area contributed by atoms with Gasteiger partial charge in [-0.2, -0.15) is 13.2 Å². The monoisotopic (exact) mass is 399 g/mol. The standard InChI is InChI=1S/C19H24F3N3O3/c1-12(24-17(27)14-6-4-7-14)18(28)25(11-16(26)23-2)10-13-5-3-8-15(9-13)19(20,21)22/h3,5,8-9,12,14H,4,6-7,10-11H2,1-2H3,(H,23,26)(H,24,27). The molecule has 0 bridgehead atoms. The molecule has 0 radical (unpaired) electrons. The minimum atomic E-state index is -4.50. The first-order valence-corrected chi connectivity index (χ1v) is 9.07. The minimum Gasteiger partial charge on any atom is -0.358 e. The summed E-state index contributed by atoms with van der Waals surface area (Å²) in [7, 11) is 1.40. The van der Waals surface area contributed by atoms with Gasteiger partial charge in [-0.25, -0.2) is 0 Å². The first-order valence-electron chi connectivity index (χ1n) is 9.07. The fourth-order valence-electron chi connectivity index (χ4n) is 2.87. The summed E-state index contributed by atoms with van der Waals surface area (Å²) < 4.78 is 38.8. The molecule has 1 unspecified atom stereocenters. The summed E-state index contributed by atoms with van der Waals surface area (Å²) >= 11 is 0. The normalized spacial score (nSPS) is 15.3. The summed E-state index contributed by atoms with van der Waals surface area (Å²) in [5.41, 5.74) is -0.590. The number of amides is 3. The van der Waals surface area contributed by atoms with E-state index in [-0.39, 0.29) is 30.5 Å². The van der Waals surface area contributed by atoms with Crippen LogP contribution in [0.15, 0.2) is 24.3 Å². The Labute approximate surface area is 161 Å². The van der Waals surface area contributed by atoms with Gasteiger partial charge in [0.05, 0.1) is 12.1 Å². The van der Waals surface area contributed by atoms with Gasteiger partial charge in [0.2, 0.25) is 17.7 Å². The highest BCUT2D eigenvalue weighted by Crippen LogP contribution is 2.30. The van der Waals surface area contributed by atoms with Crippen molar-refractivity contribution in [1.29, 1.82) is 0 Å². The SMILES string of the molecule is CNC(=O)CN(Cc1cccc(C(F)(F)F)c1)C(=O)C(C)NC(=O)C1CCC1. The molecule has 0 saturated heterocycles. The number of carbonyl (C=O) groups excluding carboxylic acids is 3. The smallest absolute Gasteiger partial charge is 0.358 e. The molecule has 2 N–H and O–H groups in total. The van der Waals surface area contributed by atoms with Crippen LogP contribution in [0.5, 0.6) is 0 Å². The minimum absolute atomic E-state index is 0.105. The number of hydrogen-bond acceptors (Lipinski definition) is 3. The highest BCUT2D eigenvalue weighted by Gasteiger charge is 2.32. The lowest BCUT2D eigenvalue weighted by Crippen LogP contribution is -2.50. The Balaban J connectivity index is 2.13. The molecule has 3 amide bonds. The average molecular weight is 399 g/mol. The third kappa shape index (κ3) is 5.71.